The summed E-state index contributed by atoms with van der Waals surface area (Å²) < 4.78 is 62.6. The van der Waals surface area contributed by atoms with Gasteiger partial charge < -0.3 is 9.84 Å². The smallest absolute Gasteiger partial charge is 0.455 e. The van der Waals surface area contributed by atoms with Crippen molar-refractivity contribution in [3.05, 3.63) is 0 Å². The van der Waals surface area contributed by atoms with Gasteiger partial charge in [-0.3, -0.25) is 0 Å². The topological polar surface area (TPSA) is 46.5 Å². The Morgan fingerprint density at radius 2 is 1.79 bits per heavy atom. The van der Waals surface area contributed by atoms with E-state index in [1.54, 1.807) is 0 Å². The second-order valence-corrected chi connectivity index (χ2v) is 2.49. The highest BCUT2D eigenvalue weighted by Crippen LogP contribution is 2.35. The van der Waals surface area contributed by atoms with Crippen molar-refractivity contribution >= 4 is 5.97 Å². The van der Waals surface area contributed by atoms with Gasteiger partial charge in [-0.1, -0.05) is 0 Å². The number of carboxylic acid groups (broad SMARTS) is 1. The van der Waals surface area contributed by atoms with Gasteiger partial charge in [0.25, 0.3) is 0 Å². The van der Waals surface area contributed by atoms with E-state index in [4.69, 9.17) is 5.11 Å². The van der Waals surface area contributed by atoms with Gasteiger partial charge in [-0.2, -0.15) is 22.0 Å². The zero-order chi connectivity index (χ0) is 11.6. The van der Waals surface area contributed by atoms with Crippen molar-refractivity contribution in [2.24, 2.45) is 0 Å². The quantitative estimate of drug-likeness (QED) is 0.736. The molecule has 3 nitrogen and oxygen atoms in total. The minimum absolute atomic E-state index is 0.856. The van der Waals surface area contributed by atoms with Crippen LogP contribution in [0.15, 0.2) is 0 Å². The fraction of sp³-hybridized carbons (Fsp3) is 0.833. The summed E-state index contributed by atoms with van der Waals surface area (Å²) in [6.07, 6.45) is -7.44. The van der Waals surface area contributed by atoms with Crippen LogP contribution in [0.25, 0.3) is 0 Å². The second-order valence-electron chi connectivity index (χ2n) is 2.49. The van der Waals surface area contributed by atoms with E-state index in [-0.39, 0.29) is 0 Å². The molecule has 0 saturated heterocycles. The Bertz CT molecular complexity index is 212. The minimum atomic E-state index is -5.73. The third kappa shape index (κ3) is 3.44. The normalized spacial score (nSPS) is 15.3. The molecule has 14 heavy (non-hydrogen) atoms. The minimum Gasteiger partial charge on any atom is -0.479 e. The maximum absolute atomic E-state index is 12.1. The fourth-order valence-electron chi connectivity index (χ4n) is 0.383. The predicted octanol–water partition coefficient (Wildman–Crippen LogP) is 1.67. The van der Waals surface area contributed by atoms with Crippen LogP contribution in [0.4, 0.5) is 22.0 Å². The Labute approximate surface area is 75.5 Å². The van der Waals surface area contributed by atoms with Gasteiger partial charge in [0.15, 0.2) is 6.10 Å². The molecule has 1 N–H and O–H groups in total. The molecular formula is C6H7F5O3. The van der Waals surface area contributed by atoms with Crippen LogP contribution in [-0.2, 0) is 9.53 Å². The van der Waals surface area contributed by atoms with Crippen molar-refractivity contribution < 1.29 is 36.6 Å². The third-order valence-corrected chi connectivity index (χ3v) is 1.28. The lowest BCUT2D eigenvalue weighted by Crippen LogP contribution is -2.42. The first kappa shape index (κ1) is 13.1. The molecule has 0 unspecified atom stereocenters. The van der Waals surface area contributed by atoms with Crippen molar-refractivity contribution in [1.82, 2.24) is 0 Å². The van der Waals surface area contributed by atoms with Gasteiger partial charge in [0, 0.05) is 0 Å². The van der Waals surface area contributed by atoms with E-state index in [0.717, 1.165) is 6.92 Å². The Morgan fingerprint density at radius 3 is 2.07 bits per heavy atom. The summed E-state index contributed by atoms with van der Waals surface area (Å²) >= 11 is 0. The molecular weight excluding hydrogens is 215 g/mol. The van der Waals surface area contributed by atoms with E-state index < -0.39 is 30.8 Å². The second kappa shape index (κ2) is 4.07. The number of alkyl halides is 5. The van der Waals surface area contributed by atoms with Crippen molar-refractivity contribution in [3.63, 3.8) is 0 Å². The van der Waals surface area contributed by atoms with Crippen LogP contribution in [0.2, 0.25) is 0 Å². The van der Waals surface area contributed by atoms with Crippen molar-refractivity contribution in [2.75, 3.05) is 6.61 Å². The average molecular weight is 222 g/mol. The summed E-state index contributed by atoms with van der Waals surface area (Å²) in [4.78, 5) is 10.0. The van der Waals surface area contributed by atoms with Crippen molar-refractivity contribution in [1.29, 1.82) is 0 Å². The van der Waals surface area contributed by atoms with Gasteiger partial charge in [0.1, 0.15) is 6.61 Å². The van der Waals surface area contributed by atoms with E-state index >= 15 is 0 Å². The number of aliphatic carboxylic acids is 1. The molecule has 0 spiro atoms. The van der Waals surface area contributed by atoms with Crippen LogP contribution >= 0.6 is 0 Å². The highest BCUT2D eigenvalue weighted by Gasteiger charge is 2.57. The molecule has 0 amide bonds. The van der Waals surface area contributed by atoms with E-state index in [9.17, 15) is 26.7 Å². The average Bonchev–Trinajstić information content (AvgIpc) is 1.97. The lowest BCUT2D eigenvalue weighted by Gasteiger charge is -2.20. The maximum Gasteiger partial charge on any atom is 0.455 e. The van der Waals surface area contributed by atoms with Gasteiger partial charge in [0.05, 0.1) is 0 Å². The van der Waals surface area contributed by atoms with E-state index in [0.29, 0.717) is 0 Å². The molecule has 0 aliphatic carbocycles. The third-order valence-electron chi connectivity index (χ3n) is 1.28. The van der Waals surface area contributed by atoms with Gasteiger partial charge in [-0.15, -0.1) is 0 Å². The molecule has 0 bridgehead atoms. The summed E-state index contributed by atoms with van der Waals surface area (Å²) in [6, 6.07) is 0. The summed E-state index contributed by atoms with van der Waals surface area (Å²) in [5.74, 6) is -6.64. The number of carboxylic acids is 1. The molecule has 0 saturated carbocycles. The summed E-state index contributed by atoms with van der Waals surface area (Å²) in [7, 11) is 0. The first-order chi connectivity index (χ1) is 6.08. The first-order valence-corrected chi connectivity index (χ1v) is 3.37. The monoisotopic (exact) mass is 222 g/mol. The van der Waals surface area contributed by atoms with Crippen LogP contribution in [0.5, 0.6) is 0 Å². The SMILES string of the molecule is C[C@H](OCC(F)(F)C(F)(F)F)C(=O)O. The standard InChI is InChI=1S/C6H7F5O3/c1-3(4(12)13)14-2-5(7,8)6(9,10)11/h3H,2H2,1H3,(H,12,13)/t3-/m0/s1. The molecule has 0 aliphatic heterocycles. The summed E-state index contributed by atoms with van der Waals surface area (Å²) in [5.41, 5.74) is 0. The number of rotatable bonds is 4. The van der Waals surface area contributed by atoms with E-state index in [1.807, 2.05) is 0 Å². The van der Waals surface area contributed by atoms with E-state index in [2.05, 4.69) is 4.74 Å². The Hall–Kier alpha value is -0.920. The lowest BCUT2D eigenvalue weighted by molar-refractivity contribution is -0.299. The number of carbonyl (C=O) groups is 1. The van der Waals surface area contributed by atoms with Crippen LogP contribution in [0.3, 0.4) is 0 Å². The molecule has 1 atom stereocenters. The van der Waals surface area contributed by atoms with Crippen LogP contribution in [-0.4, -0.2) is 35.9 Å². The van der Waals surface area contributed by atoms with Crippen LogP contribution in [0, 0.1) is 0 Å². The largest absolute Gasteiger partial charge is 0.479 e. The highest BCUT2D eigenvalue weighted by atomic mass is 19.4. The number of halogens is 5. The molecule has 84 valence electrons. The number of hydrogen-bond acceptors (Lipinski definition) is 2. The zero-order valence-corrected chi connectivity index (χ0v) is 6.94. The zero-order valence-electron chi connectivity index (χ0n) is 6.94. The predicted molar refractivity (Wildman–Crippen MR) is 34.1 cm³/mol. The van der Waals surface area contributed by atoms with Crippen LogP contribution in [0.1, 0.15) is 6.92 Å². The Morgan fingerprint density at radius 1 is 1.36 bits per heavy atom. The molecule has 0 rings (SSSR count). The summed E-state index contributed by atoms with van der Waals surface area (Å²) in [6.45, 7) is -1.14. The maximum atomic E-state index is 12.1. The van der Waals surface area contributed by atoms with Gasteiger partial charge >= 0.3 is 18.1 Å². The van der Waals surface area contributed by atoms with Gasteiger partial charge in [-0.05, 0) is 6.92 Å². The lowest BCUT2D eigenvalue weighted by atomic mass is 10.3. The number of ether oxygens (including phenoxy) is 1. The number of hydrogen-bond donors (Lipinski definition) is 1. The molecule has 0 aromatic carbocycles. The van der Waals surface area contributed by atoms with Crippen LogP contribution < -0.4 is 0 Å². The van der Waals surface area contributed by atoms with Crippen molar-refractivity contribution in [3.8, 4) is 0 Å². The summed E-state index contributed by atoms with van der Waals surface area (Å²) in [5, 5.41) is 8.13. The Balaban J connectivity index is 4.20. The highest BCUT2D eigenvalue weighted by molar-refractivity contribution is 5.71. The molecule has 8 heteroatoms. The first-order valence-electron chi connectivity index (χ1n) is 3.37. The fourth-order valence-corrected chi connectivity index (χ4v) is 0.383. The Kier molecular flexibility index (Phi) is 3.81. The molecule has 0 heterocycles. The van der Waals surface area contributed by atoms with Crippen molar-refractivity contribution in [2.45, 2.75) is 25.1 Å². The molecule has 0 aromatic heterocycles. The van der Waals surface area contributed by atoms with Gasteiger partial charge in [-0.25, -0.2) is 4.79 Å². The molecule has 0 aromatic rings. The van der Waals surface area contributed by atoms with Gasteiger partial charge in [0.2, 0.25) is 0 Å². The van der Waals surface area contributed by atoms with E-state index in [1.165, 1.54) is 0 Å². The molecule has 0 aliphatic rings. The molecule has 0 fully saturated rings. The molecule has 0 radical (unpaired) electrons.